The third-order valence-electron chi connectivity index (χ3n) is 7.50. The van der Waals surface area contributed by atoms with Crippen LogP contribution in [0.5, 0.6) is 0 Å². The Morgan fingerprint density at radius 1 is 1.22 bits per heavy atom. The van der Waals surface area contributed by atoms with Gasteiger partial charge in [-0.15, -0.1) is 0 Å². The highest BCUT2D eigenvalue weighted by Gasteiger charge is 2.55. The Bertz CT molecular complexity index is 733. The van der Waals surface area contributed by atoms with Gasteiger partial charge < -0.3 is 10.4 Å². The second kappa shape index (κ2) is 6.73. The van der Waals surface area contributed by atoms with Crippen molar-refractivity contribution in [3.63, 3.8) is 0 Å². The van der Waals surface area contributed by atoms with Crippen molar-refractivity contribution in [2.45, 2.75) is 80.5 Å². The van der Waals surface area contributed by atoms with Crippen LogP contribution < -0.4 is 5.32 Å². The molecule has 1 heterocycles. The van der Waals surface area contributed by atoms with Crippen molar-refractivity contribution in [1.82, 2.24) is 15.3 Å². The first kappa shape index (κ1) is 17.9. The van der Waals surface area contributed by atoms with Gasteiger partial charge in [-0.25, -0.2) is 9.97 Å². The van der Waals surface area contributed by atoms with E-state index in [0.717, 1.165) is 55.8 Å². The van der Waals surface area contributed by atoms with Crippen molar-refractivity contribution in [2.24, 2.45) is 17.8 Å². The van der Waals surface area contributed by atoms with E-state index in [9.17, 15) is 9.90 Å². The molecule has 6 rings (SSSR count). The third kappa shape index (κ3) is 3.19. The van der Waals surface area contributed by atoms with E-state index in [1.807, 2.05) is 6.26 Å². The number of carbonyl (C=O) groups excluding carboxylic acids is 1. The normalized spacial score (nSPS) is 37.7. The van der Waals surface area contributed by atoms with Gasteiger partial charge in [0.25, 0.3) is 5.91 Å². The van der Waals surface area contributed by atoms with Gasteiger partial charge in [-0.05, 0) is 69.0 Å². The van der Waals surface area contributed by atoms with Gasteiger partial charge in [-0.2, -0.15) is 0 Å². The van der Waals surface area contributed by atoms with Gasteiger partial charge in [-0.1, -0.05) is 24.6 Å². The highest BCUT2D eigenvalue weighted by molar-refractivity contribution is 7.98. The minimum Gasteiger partial charge on any atom is -0.390 e. The lowest BCUT2D eigenvalue weighted by Gasteiger charge is -2.58. The van der Waals surface area contributed by atoms with Gasteiger partial charge in [0.1, 0.15) is 0 Å². The van der Waals surface area contributed by atoms with Crippen molar-refractivity contribution in [3.05, 3.63) is 17.5 Å². The van der Waals surface area contributed by atoms with Crippen molar-refractivity contribution >= 4 is 17.7 Å². The molecule has 0 spiro atoms. The number of hydrogen-bond acceptors (Lipinski definition) is 5. The van der Waals surface area contributed by atoms with Crippen molar-refractivity contribution in [3.8, 4) is 0 Å². The molecule has 0 radical (unpaired) electrons. The molecular formula is C21H29N3O2S. The maximum absolute atomic E-state index is 13.2. The molecule has 5 fully saturated rings. The Hall–Kier alpha value is -1.14. The molecule has 5 aliphatic rings. The maximum atomic E-state index is 13.2. The average molecular weight is 388 g/mol. The molecule has 1 aromatic heterocycles. The molecule has 0 aliphatic heterocycles. The molecule has 1 aromatic rings. The van der Waals surface area contributed by atoms with Crippen LogP contribution in [0.4, 0.5) is 0 Å². The molecule has 6 heteroatoms. The van der Waals surface area contributed by atoms with Crippen molar-refractivity contribution in [1.29, 1.82) is 0 Å². The first-order valence-corrected chi connectivity index (χ1v) is 11.7. The summed E-state index contributed by atoms with van der Waals surface area (Å²) in [6.07, 6.45) is 13.4. The summed E-state index contributed by atoms with van der Waals surface area (Å²) in [5.41, 5.74) is 1.16. The molecule has 0 aromatic carbocycles. The molecule has 5 saturated carbocycles. The summed E-state index contributed by atoms with van der Waals surface area (Å²) in [5, 5.41) is 14.9. The minimum atomic E-state index is -0.462. The second-order valence-electron chi connectivity index (χ2n) is 9.33. The van der Waals surface area contributed by atoms with Gasteiger partial charge in [-0.3, -0.25) is 4.79 Å². The van der Waals surface area contributed by atoms with Crippen LogP contribution in [-0.4, -0.2) is 38.9 Å². The number of nitrogens with one attached hydrogen (secondary N) is 1. The van der Waals surface area contributed by atoms with Crippen LogP contribution in [0.2, 0.25) is 0 Å². The SMILES string of the molecule is CSc1ncc(C(=O)N[C@H]2C3CC4CC2C[C@@](O)(C4)C3)c(C2CCCC2)n1. The quantitative estimate of drug-likeness (QED) is 0.611. The monoisotopic (exact) mass is 387 g/mol. The zero-order valence-electron chi connectivity index (χ0n) is 16.0. The van der Waals surface area contributed by atoms with Crippen LogP contribution in [-0.2, 0) is 0 Å². The van der Waals surface area contributed by atoms with Gasteiger partial charge in [0, 0.05) is 18.2 Å². The summed E-state index contributed by atoms with van der Waals surface area (Å²) in [6.45, 7) is 0. The first-order valence-electron chi connectivity index (χ1n) is 10.5. The van der Waals surface area contributed by atoms with E-state index in [1.54, 1.807) is 6.20 Å². The van der Waals surface area contributed by atoms with Crippen molar-refractivity contribution in [2.75, 3.05) is 6.26 Å². The van der Waals surface area contributed by atoms with Crippen LogP contribution >= 0.6 is 11.8 Å². The van der Waals surface area contributed by atoms with E-state index in [1.165, 1.54) is 24.6 Å². The Labute approximate surface area is 165 Å². The lowest BCUT2D eigenvalue weighted by Crippen LogP contribution is -2.61. The molecule has 0 saturated heterocycles. The molecule has 2 atom stereocenters. The fourth-order valence-corrected chi connectivity index (χ4v) is 6.96. The third-order valence-corrected chi connectivity index (χ3v) is 8.07. The molecule has 5 nitrogen and oxygen atoms in total. The Morgan fingerprint density at radius 3 is 2.56 bits per heavy atom. The van der Waals surface area contributed by atoms with Crippen LogP contribution in [0.3, 0.4) is 0 Å². The predicted molar refractivity (Wildman–Crippen MR) is 105 cm³/mol. The maximum Gasteiger partial charge on any atom is 0.254 e. The van der Waals surface area contributed by atoms with E-state index in [-0.39, 0.29) is 11.9 Å². The summed E-state index contributed by atoms with van der Waals surface area (Å²) < 4.78 is 0. The van der Waals surface area contributed by atoms with Crippen molar-refractivity contribution < 1.29 is 9.90 Å². The highest BCUT2D eigenvalue weighted by atomic mass is 32.2. The largest absolute Gasteiger partial charge is 0.390 e. The molecule has 2 unspecified atom stereocenters. The first-order chi connectivity index (χ1) is 13.0. The lowest BCUT2D eigenvalue weighted by molar-refractivity contribution is -0.136. The average Bonchev–Trinajstić information content (AvgIpc) is 3.17. The van der Waals surface area contributed by atoms with E-state index in [0.29, 0.717) is 29.2 Å². The molecular weight excluding hydrogens is 358 g/mol. The Balaban J connectivity index is 1.38. The molecule has 146 valence electrons. The number of nitrogens with zero attached hydrogens (tertiary/aromatic N) is 2. The standard InChI is InChI=1S/C21H29N3O2S/c1-27-20-22-11-16(18(24-20)13-4-2-3-5-13)19(25)23-17-14-6-12-7-15(17)10-21(26,8-12)9-14/h11-15,17,26H,2-10H2,1H3,(H,23,25)/t12?,14?,15?,17-,21+. The van der Waals surface area contributed by atoms with Crippen LogP contribution in [0, 0.1) is 17.8 Å². The van der Waals surface area contributed by atoms with E-state index >= 15 is 0 Å². The number of amides is 1. The lowest BCUT2D eigenvalue weighted by atomic mass is 9.52. The molecule has 4 bridgehead atoms. The smallest absolute Gasteiger partial charge is 0.254 e. The molecule has 2 N–H and O–H groups in total. The number of aromatic nitrogens is 2. The number of thioether (sulfide) groups is 1. The van der Waals surface area contributed by atoms with Gasteiger partial charge in [0.2, 0.25) is 0 Å². The summed E-state index contributed by atoms with van der Waals surface area (Å²) >= 11 is 1.53. The Kier molecular flexibility index (Phi) is 4.47. The number of carbonyl (C=O) groups is 1. The Morgan fingerprint density at radius 2 is 1.93 bits per heavy atom. The fourth-order valence-electron chi connectivity index (χ4n) is 6.61. The molecule has 1 amide bonds. The van der Waals surface area contributed by atoms with Crippen LogP contribution in [0.1, 0.15) is 79.8 Å². The highest BCUT2D eigenvalue weighted by Crippen LogP contribution is 2.55. The van der Waals surface area contributed by atoms with Gasteiger partial charge in [0.05, 0.1) is 16.9 Å². The van der Waals surface area contributed by atoms with E-state index < -0.39 is 5.60 Å². The number of rotatable bonds is 4. The zero-order valence-corrected chi connectivity index (χ0v) is 16.8. The molecule has 5 aliphatic carbocycles. The molecule has 27 heavy (non-hydrogen) atoms. The topological polar surface area (TPSA) is 75.1 Å². The minimum absolute atomic E-state index is 0.00554. The summed E-state index contributed by atoms with van der Waals surface area (Å²) in [6, 6.07) is 0.200. The fraction of sp³-hybridized carbons (Fsp3) is 0.762. The summed E-state index contributed by atoms with van der Waals surface area (Å²) in [4.78, 5) is 22.4. The summed E-state index contributed by atoms with van der Waals surface area (Å²) in [7, 11) is 0. The second-order valence-corrected chi connectivity index (χ2v) is 10.1. The van der Waals surface area contributed by atoms with Crippen LogP contribution in [0.15, 0.2) is 11.4 Å². The summed E-state index contributed by atoms with van der Waals surface area (Å²) in [5.74, 6) is 1.88. The predicted octanol–water partition coefficient (Wildman–Crippen LogP) is 3.53. The van der Waals surface area contributed by atoms with Crippen LogP contribution in [0.25, 0.3) is 0 Å². The van der Waals surface area contributed by atoms with Gasteiger partial charge >= 0.3 is 0 Å². The van der Waals surface area contributed by atoms with E-state index in [4.69, 9.17) is 4.98 Å². The zero-order chi connectivity index (χ0) is 18.6. The number of hydrogen-bond donors (Lipinski definition) is 2. The number of aliphatic hydroxyl groups is 1. The van der Waals surface area contributed by atoms with Gasteiger partial charge in [0.15, 0.2) is 5.16 Å². The van der Waals surface area contributed by atoms with E-state index in [2.05, 4.69) is 10.3 Å².